The number of hydrogen-bond donors (Lipinski definition) is 1. The average Bonchev–Trinajstić information content (AvgIpc) is 3.01. The number of methoxy groups -OCH3 is 1. The number of imidazole rings is 1. The lowest BCUT2D eigenvalue weighted by atomic mass is 10.1. The normalized spacial score (nSPS) is 10.9. The van der Waals surface area contributed by atoms with Crippen molar-refractivity contribution in [1.82, 2.24) is 9.55 Å². The Bertz CT molecular complexity index is 1220. The van der Waals surface area contributed by atoms with Gasteiger partial charge in [0.1, 0.15) is 11.4 Å². The summed E-state index contributed by atoms with van der Waals surface area (Å²) in [6.07, 6.45) is 1.35. The van der Waals surface area contributed by atoms with Crippen LogP contribution in [0.3, 0.4) is 0 Å². The number of anilines is 1. The second-order valence-corrected chi connectivity index (χ2v) is 6.73. The van der Waals surface area contributed by atoms with Gasteiger partial charge in [0, 0.05) is 29.8 Å². The molecule has 0 saturated heterocycles. The molecule has 4 aromatic rings. The molecule has 7 heteroatoms. The Hall–Kier alpha value is -3.87. The first-order valence-corrected chi connectivity index (χ1v) is 9.11. The highest BCUT2D eigenvalue weighted by molar-refractivity contribution is 6.02. The SMILES string of the molecule is COc1cc(C)nc2ccc(-n3c[n+]([O-])c(C(=O)Nc4ccccc4)c3C)cc12. The van der Waals surface area contributed by atoms with Gasteiger partial charge in [-0.15, -0.1) is 0 Å². The number of hydrogen-bond acceptors (Lipinski definition) is 4. The Kier molecular flexibility index (Phi) is 4.64. The lowest BCUT2D eigenvalue weighted by molar-refractivity contribution is -0.606. The minimum Gasteiger partial charge on any atom is -0.710 e. The second-order valence-electron chi connectivity index (χ2n) is 6.73. The van der Waals surface area contributed by atoms with Gasteiger partial charge >= 0.3 is 0 Å². The number of benzene rings is 2. The van der Waals surface area contributed by atoms with E-state index in [1.54, 1.807) is 30.7 Å². The summed E-state index contributed by atoms with van der Waals surface area (Å²) in [6.45, 7) is 3.65. The summed E-state index contributed by atoms with van der Waals surface area (Å²) in [7, 11) is 1.61. The summed E-state index contributed by atoms with van der Waals surface area (Å²) in [4.78, 5) is 17.2. The molecule has 0 aliphatic heterocycles. The van der Waals surface area contributed by atoms with Gasteiger partial charge < -0.3 is 15.3 Å². The molecule has 0 saturated carbocycles. The molecule has 0 bridgehead atoms. The third-order valence-electron chi connectivity index (χ3n) is 4.77. The zero-order chi connectivity index (χ0) is 20.5. The van der Waals surface area contributed by atoms with Crippen LogP contribution in [0.1, 0.15) is 21.9 Å². The van der Waals surface area contributed by atoms with Crippen molar-refractivity contribution in [3.63, 3.8) is 0 Å². The molecule has 146 valence electrons. The van der Waals surface area contributed by atoms with Crippen LogP contribution in [0.25, 0.3) is 16.6 Å². The number of carbonyl (C=O) groups is 1. The first kappa shape index (κ1) is 18.5. The molecule has 0 radical (unpaired) electrons. The van der Waals surface area contributed by atoms with Crippen LogP contribution in [0.15, 0.2) is 60.9 Å². The number of nitrogens with one attached hydrogen (secondary N) is 1. The van der Waals surface area contributed by atoms with Crippen molar-refractivity contribution in [2.45, 2.75) is 13.8 Å². The third kappa shape index (κ3) is 3.38. The second kappa shape index (κ2) is 7.27. The molecule has 0 aliphatic rings. The maximum Gasteiger partial charge on any atom is 0.300 e. The topological polar surface area (TPSA) is 83.1 Å². The van der Waals surface area contributed by atoms with Crippen LogP contribution in [0.2, 0.25) is 0 Å². The van der Waals surface area contributed by atoms with Gasteiger partial charge in [-0.25, -0.2) is 4.73 Å². The molecule has 1 N–H and O–H groups in total. The van der Waals surface area contributed by atoms with Crippen molar-refractivity contribution in [1.29, 1.82) is 0 Å². The molecule has 2 heterocycles. The van der Waals surface area contributed by atoms with Crippen LogP contribution >= 0.6 is 0 Å². The van der Waals surface area contributed by atoms with Crippen molar-refractivity contribution < 1.29 is 14.3 Å². The highest BCUT2D eigenvalue weighted by atomic mass is 16.5. The molecule has 0 fully saturated rings. The number of rotatable bonds is 4. The Morgan fingerprint density at radius 3 is 2.62 bits per heavy atom. The lowest BCUT2D eigenvalue weighted by Gasteiger charge is -2.08. The van der Waals surface area contributed by atoms with Crippen LogP contribution < -0.4 is 14.8 Å². The molecule has 2 aromatic heterocycles. The Labute approximate surface area is 167 Å². The molecular formula is C22H20N4O3. The molecule has 2 aromatic carbocycles. The highest BCUT2D eigenvalue weighted by Gasteiger charge is 2.25. The average molecular weight is 388 g/mol. The van der Waals surface area contributed by atoms with Gasteiger partial charge in [-0.05, 0) is 37.3 Å². The van der Waals surface area contributed by atoms with Crippen molar-refractivity contribution in [3.05, 3.63) is 83.2 Å². The van der Waals surface area contributed by atoms with Gasteiger partial charge in [-0.2, -0.15) is 4.57 Å². The lowest BCUT2D eigenvalue weighted by Crippen LogP contribution is -2.34. The van der Waals surface area contributed by atoms with Crippen LogP contribution in [0.4, 0.5) is 5.69 Å². The summed E-state index contributed by atoms with van der Waals surface area (Å²) in [5.74, 6) is 0.245. The van der Waals surface area contributed by atoms with E-state index in [1.165, 1.54) is 6.33 Å². The number of carbonyl (C=O) groups excluding carboxylic acids is 1. The number of nitrogens with zero attached hydrogens (tertiary/aromatic N) is 3. The molecule has 4 rings (SSSR count). The van der Waals surface area contributed by atoms with Crippen molar-refractivity contribution in [2.24, 2.45) is 0 Å². The van der Waals surface area contributed by atoms with E-state index < -0.39 is 5.91 Å². The van der Waals surface area contributed by atoms with Gasteiger partial charge in [-0.3, -0.25) is 9.78 Å². The Balaban J connectivity index is 1.76. The zero-order valence-corrected chi connectivity index (χ0v) is 16.3. The number of aryl methyl sites for hydroxylation is 1. The number of para-hydroxylation sites is 1. The molecular weight excluding hydrogens is 368 g/mol. The molecule has 0 atom stereocenters. The predicted octanol–water partition coefficient (Wildman–Crippen LogP) is 3.54. The maximum atomic E-state index is 12.7. The standard InChI is InChI=1S/C22H20N4O3/c1-14-11-20(29-3)18-12-17(9-10-19(18)23-14)25-13-26(28)21(15(25)2)22(27)24-16-7-5-4-6-8-16/h4-13H,1-3H3,(H,24,27). The summed E-state index contributed by atoms with van der Waals surface area (Å²) in [6, 6.07) is 16.5. The van der Waals surface area contributed by atoms with Crippen LogP contribution in [0, 0.1) is 19.1 Å². The van der Waals surface area contributed by atoms with Crippen LogP contribution in [-0.4, -0.2) is 22.6 Å². The highest BCUT2D eigenvalue weighted by Crippen LogP contribution is 2.28. The van der Waals surface area contributed by atoms with E-state index in [0.717, 1.165) is 22.3 Å². The number of fused-ring (bicyclic) bond motifs is 1. The third-order valence-corrected chi connectivity index (χ3v) is 4.77. The van der Waals surface area contributed by atoms with Gasteiger partial charge in [0.2, 0.25) is 5.69 Å². The maximum absolute atomic E-state index is 12.7. The summed E-state index contributed by atoms with van der Waals surface area (Å²) < 4.78 is 7.75. The van der Waals surface area contributed by atoms with E-state index in [2.05, 4.69) is 10.3 Å². The fraction of sp³-hybridized carbons (Fsp3) is 0.136. The van der Waals surface area contributed by atoms with Crippen molar-refractivity contribution >= 4 is 22.5 Å². The smallest absolute Gasteiger partial charge is 0.300 e. The molecule has 29 heavy (non-hydrogen) atoms. The predicted molar refractivity (Wildman–Crippen MR) is 110 cm³/mol. The fourth-order valence-corrected chi connectivity index (χ4v) is 3.39. The van der Waals surface area contributed by atoms with Gasteiger partial charge in [0.15, 0.2) is 5.69 Å². The molecule has 0 unspecified atom stereocenters. The van der Waals surface area contributed by atoms with E-state index >= 15 is 0 Å². The van der Waals surface area contributed by atoms with Gasteiger partial charge in [0.25, 0.3) is 12.2 Å². The quantitative estimate of drug-likeness (QED) is 0.428. The Morgan fingerprint density at radius 1 is 1.14 bits per heavy atom. The van der Waals surface area contributed by atoms with Crippen LogP contribution in [-0.2, 0) is 0 Å². The number of ether oxygens (including phenoxy) is 1. The number of pyridine rings is 1. The summed E-state index contributed by atoms with van der Waals surface area (Å²) >= 11 is 0. The number of amides is 1. The van der Waals surface area contributed by atoms with E-state index in [1.807, 2.05) is 49.4 Å². The van der Waals surface area contributed by atoms with Crippen molar-refractivity contribution in [2.75, 3.05) is 12.4 Å². The molecule has 7 nitrogen and oxygen atoms in total. The first-order chi connectivity index (χ1) is 14.0. The van der Waals surface area contributed by atoms with E-state index in [-0.39, 0.29) is 5.69 Å². The minimum absolute atomic E-state index is 0.0444. The van der Waals surface area contributed by atoms with Gasteiger partial charge in [-0.1, -0.05) is 18.2 Å². The van der Waals surface area contributed by atoms with Gasteiger partial charge in [0.05, 0.1) is 12.6 Å². The van der Waals surface area contributed by atoms with Crippen molar-refractivity contribution in [3.8, 4) is 11.4 Å². The molecule has 0 spiro atoms. The molecule has 0 aliphatic carbocycles. The molecule has 1 amide bonds. The van der Waals surface area contributed by atoms with Crippen LogP contribution in [0.5, 0.6) is 5.75 Å². The summed E-state index contributed by atoms with van der Waals surface area (Å²) in [5, 5.41) is 16.1. The van der Waals surface area contributed by atoms with E-state index in [0.29, 0.717) is 21.9 Å². The monoisotopic (exact) mass is 388 g/mol. The summed E-state index contributed by atoms with van der Waals surface area (Å²) in [5.41, 5.74) is 3.60. The first-order valence-electron chi connectivity index (χ1n) is 9.11. The zero-order valence-electron chi connectivity index (χ0n) is 16.3. The largest absolute Gasteiger partial charge is 0.710 e. The Morgan fingerprint density at radius 2 is 1.90 bits per heavy atom. The number of aromatic nitrogens is 3. The fourth-order valence-electron chi connectivity index (χ4n) is 3.39. The minimum atomic E-state index is -0.460. The van der Waals surface area contributed by atoms with E-state index in [9.17, 15) is 10.0 Å². The van der Waals surface area contributed by atoms with E-state index in [4.69, 9.17) is 4.74 Å².